The predicted octanol–water partition coefficient (Wildman–Crippen LogP) is 3.21. The molecule has 0 spiro atoms. The van der Waals surface area contributed by atoms with Gasteiger partial charge in [0.1, 0.15) is 5.82 Å². The Morgan fingerprint density at radius 2 is 2.05 bits per heavy atom. The Hall–Kier alpha value is -0.450. The van der Waals surface area contributed by atoms with E-state index in [4.69, 9.17) is 0 Å². The van der Waals surface area contributed by atoms with Crippen molar-refractivity contribution in [3.63, 3.8) is 0 Å². The van der Waals surface area contributed by atoms with E-state index < -0.39 is 0 Å². The molecule has 0 aliphatic heterocycles. The van der Waals surface area contributed by atoms with Crippen LogP contribution in [0.1, 0.15) is 32.3 Å². The number of hydrogen-bond acceptors (Lipinski definition) is 2. The third-order valence-corrected chi connectivity index (χ3v) is 4.03. The molecule has 1 aliphatic rings. The minimum absolute atomic E-state index is 0.133. The van der Waals surface area contributed by atoms with Gasteiger partial charge in [0, 0.05) is 35.6 Å². The van der Waals surface area contributed by atoms with Gasteiger partial charge in [-0.3, -0.25) is 0 Å². The lowest BCUT2D eigenvalue weighted by molar-refractivity contribution is 0.442. The molecule has 0 bridgehead atoms. The third-order valence-electron chi connectivity index (χ3n) is 3.54. The first-order valence-corrected chi connectivity index (χ1v) is 7.68. The summed E-state index contributed by atoms with van der Waals surface area (Å²) in [6.45, 7) is 6.82. The van der Waals surface area contributed by atoms with Gasteiger partial charge in [0.05, 0.1) is 0 Å². The highest BCUT2D eigenvalue weighted by atomic mass is 79.9. The number of rotatable bonds is 7. The van der Waals surface area contributed by atoms with Crippen LogP contribution < -0.4 is 10.6 Å². The van der Waals surface area contributed by atoms with Gasteiger partial charge < -0.3 is 10.6 Å². The molecular weight excluding hydrogens is 307 g/mol. The number of nitrogens with one attached hydrogen (secondary N) is 2. The number of benzene rings is 1. The molecule has 1 fully saturated rings. The van der Waals surface area contributed by atoms with Crippen LogP contribution in [0.15, 0.2) is 22.7 Å². The smallest absolute Gasteiger partial charge is 0.127 e. The van der Waals surface area contributed by atoms with Crippen molar-refractivity contribution in [3.8, 4) is 0 Å². The van der Waals surface area contributed by atoms with Crippen LogP contribution in [0.5, 0.6) is 0 Å². The van der Waals surface area contributed by atoms with Crippen LogP contribution in [-0.2, 0) is 5.41 Å². The first kappa shape index (κ1) is 14.9. The Morgan fingerprint density at radius 1 is 1.32 bits per heavy atom. The summed E-state index contributed by atoms with van der Waals surface area (Å²) in [5.41, 5.74) is 0.539. The molecule has 0 saturated heterocycles. The van der Waals surface area contributed by atoms with Crippen LogP contribution >= 0.6 is 15.9 Å². The van der Waals surface area contributed by atoms with Crippen LogP contribution in [-0.4, -0.2) is 25.7 Å². The molecular formula is C15H22BrFN2. The summed E-state index contributed by atoms with van der Waals surface area (Å²) in [4.78, 5) is 0. The van der Waals surface area contributed by atoms with Crippen LogP contribution in [0.3, 0.4) is 0 Å². The van der Waals surface area contributed by atoms with Crippen molar-refractivity contribution in [2.24, 2.45) is 0 Å². The lowest BCUT2D eigenvalue weighted by atomic mass is 9.84. The lowest BCUT2D eigenvalue weighted by Crippen LogP contribution is -2.37. The first-order chi connectivity index (χ1) is 8.99. The van der Waals surface area contributed by atoms with Gasteiger partial charge >= 0.3 is 0 Å². The van der Waals surface area contributed by atoms with Crippen molar-refractivity contribution in [1.29, 1.82) is 0 Å². The van der Waals surface area contributed by atoms with Crippen molar-refractivity contribution in [2.45, 2.75) is 38.1 Å². The molecule has 19 heavy (non-hydrogen) atoms. The van der Waals surface area contributed by atoms with E-state index in [9.17, 15) is 4.39 Å². The molecule has 1 aromatic carbocycles. The van der Waals surface area contributed by atoms with Crippen molar-refractivity contribution in [2.75, 3.05) is 19.6 Å². The van der Waals surface area contributed by atoms with E-state index in [0.717, 1.165) is 35.7 Å². The standard InChI is InChI=1S/C15H22BrFN2/c1-15(2,10-18-7-8-19-12-4-5-12)13-9-11(16)3-6-14(13)17/h3,6,9,12,18-19H,4-5,7-8,10H2,1-2H3. The SMILES string of the molecule is CC(C)(CNCCNC1CC1)c1cc(Br)ccc1F. The van der Waals surface area contributed by atoms with E-state index in [1.807, 2.05) is 6.07 Å². The zero-order chi connectivity index (χ0) is 13.9. The minimum atomic E-state index is -0.215. The molecule has 0 aromatic heterocycles. The second-order valence-electron chi connectivity index (χ2n) is 5.91. The quantitative estimate of drug-likeness (QED) is 0.751. The van der Waals surface area contributed by atoms with Gasteiger partial charge in [-0.05, 0) is 36.6 Å². The maximum atomic E-state index is 13.9. The van der Waals surface area contributed by atoms with Crippen LogP contribution in [0.25, 0.3) is 0 Å². The Balaban J connectivity index is 1.83. The molecule has 2 rings (SSSR count). The fourth-order valence-electron chi connectivity index (χ4n) is 2.16. The second kappa shape index (κ2) is 6.33. The molecule has 1 aromatic rings. The van der Waals surface area contributed by atoms with Gasteiger partial charge in [-0.25, -0.2) is 4.39 Å². The monoisotopic (exact) mass is 328 g/mol. The Bertz CT molecular complexity index is 430. The summed E-state index contributed by atoms with van der Waals surface area (Å²) in [6.07, 6.45) is 2.63. The topological polar surface area (TPSA) is 24.1 Å². The summed E-state index contributed by atoms with van der Waals surface area (Å²) in [6, 6.07) is 5.88. The highest BCUT2D eigenvalue weighted by Crippen LogP contribution is 2.27. The van der Waals surface area contributed by atoms with Gasteiger partial charge in [0.2, 0.25) is 0 Å². The average Bonchev–Trinajstić information content (AvgIpc) is 3.15. The molecule has 2 N–H and O–H groups in total. The molecule has 0 unspecified atom stereocenters. The van der Waals surface area contributed by atoms with E-state index in [0.29, 0.717) is 0 Å². The minimum Gasteiger partial charge on any atom is -0.315 e. The Labute approximate surface area is 123 Å². The van der Waals surface area contributed by atoms with Crippen LogP contribution in [0, 0.1) is 5.82 Å². The van der Waals surface area contributed by atoms with Crippen molar-refractivity contribution < 1.29 is 4.39 Å². The van der Waals surface area contributed by atoms with Crippen molar-refractivity contribution in [3.05, 3.63) is 34.1 Å². The van der Waals surface area contributed by atoms with Gasteiger partial charge in [-0.15, -0.1) is 0 Å². The molecule has 0 radical (unpaired) electrons. The third kappa shape index (κ3) is 4.55. The van der Waals surface area contributed by atoms with E-state index in [-0.39, 0.29) is 11.2 Å². The predicted molar refractivity (Wildman–Crippen MR) is 81.0 cm³/mol. The molecule has 1 aliphatic carbocycles. The zero-order valence-corrected chi connectivity index (χ0v) is 13.2. The Kier molecular flexibility index (Phi) is 4.98. The largest absolute Gasteiger partial charge is 0.315 e. The summed E-state index contributed by atoms with van der Waals surface area (Å²) >= 11 is 3.41. The molecule has 1 saturated carbocycles. The maximum Gasteiger partial charge on any atom is 0.127 e. The highest BCUT2D eigenvalue weighted by molar-refractivity contribution is 9.10. The molecule has 0 heterocycles. The van der Waals surface area contributed by atoms with Gasteiger partial charge in [-0.1, -0.05) is 29.8 Å². The van der Waals surface area contributed by atoms with E-state index in [1.165, 1.54) is 18.9 Å². The van der Waals surface area contributed by atoms with Gasteiger partial charge in [0.25, 0.3) is 0 Å². The molecule has 4 heteroatoms. The van der Waals surface area contributed by atoms with Crippen molar-refractivity contribution in [1.82, 2.24) is 10.6 Å². The maximum absolute atomic E-state index is 13.9. The first-order valence-electron chi connectivity index (χ1n) is 6.89. The van der Waals surface area contributed by atoms with Crippen LogP contribution in [0.4, 0.5) is 4.39 Å². The highest BCUT2D eigenvalue weighted by Gasteiger charge is 2.24. The summed E-state index contributed by atoms with van der Waals surface area (Å²) in [7, 11) is 0. The number of hydrogen-bond donors (Lipinski definition) is 2. The molecule has 2 nitrogen and oxygen atoms in total. The Morgan fingerprint density at radius 3 is 2.74 bits per heavy atom. The van der Waals surface area contributed by atoms with Crippen molar-refractivity contribution >= 4 is 15.9 Å². The van der Waals surface area contributed by atoms with Gasteiger partial charge in [0.15, 0.2) is 0 Å². The zero-order valence-electron chi connectivity index (χ0n) is 11.6. The summed E-state index contributed by atoms with van der Waals surface area (Å²) in [5.74, 6) is -0.133. The van der Waals surface area contributed by atoms with E-state index in [1.54, 1.807) is 6.07 Å². The van der Waals surface area contributed by atoms with E-state index >= 15 is 0 Å². The molecule has 106 valence electrons. The fourth-order valence-corrected chi connectivity index (χ4v) is 2.53. The van der Waals surface area contributed by atoms with E-state index in [2.05, 4.69) is 40.4 Å². The second-order valence-corrected chi connectivity index (χ2v) is 6.83. The summed E-state index contributed by atoms with van der Waals surface area (Å²) < 4.78 is 14.8. The number of halogens is 2. The average molecular weight is 329 g/mol. The summed E-state index contributed by atoms with van der Waals surface area (Å²) in [5, 5.41) is 6.87. The molecule has 0 atom stereocenters. The fraction of sp³-hybridized carbons (Fsp3) is 0.600. The lowest BCUT2D eigenvalue weighted by Gasteiger charge is -2.26. The normalized spacial score (nSPS) is 15.8. The molecule has 0 amide bonds. The van der Waals surface area contributed by atoms with Gasteiger partial charge in [-0.2, -0.15) is 0 Å². The van der Waals surface area contributed by atoms with Crippen LogP contribution in [0.2, 0.25) is 0 Å².